The number of carbonyl (C=O) groups is 2. The number of H-pyrrole nitrogens is 1. The van der Waals surface area contributed by atoms with E-state index < -0.39 is 0 Å². The maximum atomic E-state index is 13.6. The van der Waals surface area contributed by atoms with Crippen LogP contribution in [-0.2, 0) is 33.3 Å². The molecule has 0 aromatic carbocycles. The number of aromatic nitrogens is 1. The number of hydrogen-bond donors (Lipinski definition) is 2. The molecule has 10 nitrogen and oxygen atoms in total. The summed E-state index contributed by atoms with van der Waals surface area (Å²) in [6.45, 7) is 4.24. The number of aliphatic imine (C=N–C) groups is 1. The Balaban J connectivity index is 1.43. The first-order valence-corrected chi connectivity index (χ1v) is 14.5. The third-order valence-electron chi connectivity index (χ3n) is 7.54. The molecular weight excluding hydrogens is 538 g/mol. The van der Waals surface area contributed by atoms with Crippen molar-refractivity contribution in [1.82, 2.24) is 10.3 Å². The van der Waals surface area contributed by atoms with Gasteiger partial charge in [-0.25, -0.2) is 0 Å². The highest BCUT2D eigenvalue weighted by atomic mass is 16.6. The Morgan fingerprint density at radius 3 is 2.43 bits per heavy atom. The van der Waals surface area contributed by atoms with Crippen molar-refractivity contribution in [2.24, 2.45) is 4.99 Å². The van der Waals surface area contributed by atoms with Crippen LogP contribution in [0.4, 0.5) is 0 Å². The van der Waals surface area contributed by atoms with Crippen LogP contribution in [0.2, 0.25) is 0 Å². The van der Waals surface area contributed by atoms with Crippen molar-refractivity contribution in [3.05, 3.63) is 81.2 Å². The van der Waals surface area contributed by atoms with Crippen molar-refractivity contribution in [3.8, 4) is 0 Å². The minimum atomic E-state index is -0.284. The number of Topliss-reactive ketones (excluding diaryl/α,β-unsaturated/α-hetero) is 2. The molecule has 3 heterocycles. The Labute approximate surface area is 244 Å². The number of ether oxygens (including phenoxy) is 5. The summed E-state index contributed by atoms with van der Waals surface area (Å²) in [5.74, 6) is -0.0273. The topological polar surface area (TPSA) is 120 Å². The molecule has 2 N–H and O–H groups in total. The Morgan fingerprint density at radius 1 is 0.810 bits per heavy atom. The minimum absolute atomic E-state index is 0.163. The Morgan fingerprint density at radius 2 is 1.60 bits per heavy atom. The van der Waals surface area contributed by atoms with Crippen molar-refractivity contribution in [2.45, 2.75) is 19.3 Å². The van der Waals surface area contributed by atoms with Crippen LogP contribution in [0.3, 0.4) is 0 Å². The Hall–Kier alpha value is -3.83. The summed E-state index contributed by atoms with van der Waals surface area (Å²) in [6, 6.07) is 0. The number of carbonyl (C=O) groups excluding carboxylic acids is 2. The predicted molar refractivity (Wildman–Crippen MR) is 157 cm³/mol. The normalized spacial score (nSPS) is 26.6. The number of hydrogen-bond acceptors (Lipinski definition) is 9. The fourth-order valence-corrected chi connectivity index (χ4v) is 5.56. The van der Waals surface area contributed by atoms with E-state index in [2.05, 4.69) is 33.5 Å². The summed E-state index contributed by atoms with van der Waals surface area (Å²) in [5, 5.41) is 3.54. The predicted octanol–water partition coefficient (Wildman–Crippen LogP) is 3.22. The van der Waals surface area contributed by atoms with Gasteiger partial charge in [0.1, 0.15) is 19.0 Å². The van der Waals surface area contributed by atoms with Gasteiger partial charge in [-0.2, -0.15) is 0 Å². The summed E-state index contributed by atoms with van der Waals surface area (Å²) in [4.78, 5) is 34.7. The lowest BCUT2D eigenvalue weighted by atomic mass is 9.83. The van der Waals surface area contributed by atoms with E-state index in [-0.39, 0.29) is 31.2 Å². The zero-order chi connectivity index (χ0) is 28.7. The molecule has 220 valence electrons. The fraction of sp³-hybridized carbons (Fsp3) is 0.406. The van der Waals surface area contributed by atoms with Gasteiger partial charge in [-0.15, -0.1) is 0 Å². The molecule has 0 fully saturated rings. The lowest BCUT2D eigenvalue weighted by Crippen LogP contribution is -2.24. The zero-order valence-electron chi connectivity index (χ0n) is 23.5. The average molecular weight is 574 g/mol. The molecular formula is C32H35N3O7. The van der Waals surface area contributed by atoms with Crippen LogP contribution >= 0.6 is 0 Å². The molecule has 0 unspecified atom stereocenters. The maximum Gasteiger partial charge on any atom is 0.173 e. The van der Waals surface area contributed by atoms with Crippen LogP contribution in [0.25, 0.3) is 11.6 Å². The van der Waals surface area contributed by atoms with Crippen molar-refractivity contribution in [1.29, 1.82) is 0 Å². The van der Waals surface area contributed by atoms with Gasteiger partial charge in [-0.1, -0.05) is 6.08 Å². The number of ketones is 2. The summed E-state index contributed by atoms with van der Waals surface area (Å²) in [7, 11) is 0. The smallest absolute Gasteiger partial charge is 0.173 e. The lowest BCUT2D eigenvalue weighted by Gasteiger charge is -2.23. The standard InChI is InChI=1S/C32H35N3O7/c36-29-17-30(37)31-25-14-21-2-1-3-28(24(21)15-22-18-33-19-27(22)25)34-4-6-38-8-9-39-10-11-40-12-13-41-20-23-16-26(29)32(31)35-5-7-42-23/h3,5,14-16,18-19,33-34H,1-2,4,6-13,17,20H2/b23-16-,31-25-,35-5-. The fourth-order valence-electron chi connectivity index (χ4n) is 5.56. The number of nitrogens with one attached hydrogen (secondary N) is 2. The van der Waals surface area contributed by atoms with E-state index in [1.165, 1.54) is 0 Å². The molecule has 0 saturated heterocycles. The van der Waals surface area contributed by atoms with Gasteiger partial charge < -0.3 is 34.0 Å². The molecule has 8 bridgehead atoms. The molecule has 0 atom stereocenters. The molecule has 0 radical (unpaired) electrons. The van der Waals surface area contributed by atoms with Crippen molar-refractivity contribution >= 4 is 29.4 Å². The van der Waals surface area contributed by atoms with E-state index in [1.807, 2.05) is 12.4 Å². The number of allylic oxidation sites excluding steroid dienone is 7. The van der Waals surface area contributed by atoms with Gasteiger partial charge in [0.15, 0.2) is 11.6 Å². The molecule has 6 rings (SSSR count). The van der Waals surface area contributed by atoms with Crippen molar-refractivity contribution in [2.75, 3.05) is 66.0 Å². The summed E-state index contributed by atoms with van der Waals surface area (Å²) >= 11 is 0. The summed E-state index contributed by atoms with van der Waals surface area (Å²) in [5.41, 5.74) is 7.04. The highest BCUT2D eigenvalue weighted by Crippen LogP contribution is 2.42. The van der Waals surface area contributed by atoms with Crippen LogP contribution in [0, 0.1) is 0 Å². The third-order valence-corrected chi connectivity index (χ3v) is 7.54. The first-order valence-electron chi connectivity index (χ1n) is 14.5. The molecule has 0 spiro atoms. The van der Waals surface area contributed by atoms with Gasteiger partial charge in [-0.3, -0.25) is 14.6 Å². The molecule has 1 aromatic rings. The van der Waals surface area contributed by atoms with E-state index >= 15 is 0 Å². The van der Waals surface area contributed by atoms with Crippen LogP contribution < -0.4 is 5.32 Å². The minimum Gasteiger partial charge on any atom is -0.490 e. The second kappa shape index (κ2) is 13.4. The van der Waals surface area contributed by atoms with Crippen molar-refractivity contribution < 1.29 is 33.3 Å². The Bertz CT molecular complexity index is 1450. The zero-order valence-corrected chi connectivity index (χ0v) is 23.5. The van der Waals surface area contributed by atoms with Crippen LogP contribution in [-0.4, -0.2) is 88.8 Å². The summed E-state index contributed by atoms with van der Waals surface area (Å²) < 4.78 is 28.5. The van der Waals surface area contributed by atoms with E-state index in [9.17, 15) is 9.59 Å². The van der Waals surface area contributed by atoms with Gasteiger partial charge in [0, 0.05) is 53.1 Å². The van der Waals surface area contributed by atoms with Gasteiger partial charge in [0.05, 0.1) is 63.9 Å². The molecule has 2 aliphatic heterocycles. The SMILES string of the molecule is O=C1CC(=O)/C2=C3\C=C4CCC=C(NCCOCCOCCOCCOC/C5=C/C1=C2/N=C\CO5)C4=Cc1c[nH]cc13. The quantitative estimate of drug-likeness (QED) is 0.454. The largest absolute Gasteiger partial charge is 0.490 e. The van der Waals surface area contributed by atoms with E-state index in [0.717, 1.165) is 46.4 Å². The summed E-state index contributed by atoms with van der Waals surface area (Å²) in [6.07, 6.45) is 15.0. The molecule has 1 aromatic heterocycles. The van der Waals surface area contributed by atoms with Crippen LogP contribution in [0.5, 0.6) is 0 Å². The highest BCUT2D eigenvalue weighted by molar-refractivity contribution is 6.24. The first kappa shape index (κ1) is 28.3. The lowest BCUT2D eigenvalue weighted by molar-refractivity contribution is -0.123. The van der Waals surface area contributed by atoms with Gasteiger partial charge in [0.2, 0.25) is 0 Å². The second-order valence-electron chi connectivity index (χ2n) is 10.3. The number of nitrogens with zero attached hydrogens (tertiary/aromatic N) is 1. The number of rotatable bonds is 0. The monoisotopic (exact) mass is 573 g/mol. The van der Waals surface area contributed by atoms with Gasteiger partial charge in [0.25, 0.3) is 0 Å². The van der Waals surface area contributed by atoms with E-state index in [4.69, 9.17) is 23.7 Å². The second-order valence-corrected chi connectivity index (χ2v) is 10.3. The number of fused-ring (bicyclic) bond motifs is 3. The van der Waals surface area contributed by atoms with Crippen LogP contribution in [0.1, 0.15) is 30.4 Å². The maximum absolute atomic E-state index is 13.6. The van der Waals surface area contributed by atoms with Crippen LogP contribution in [0.15, 0.2) is 75.1 Å². The average Bonchev–Trinajstić information content (AvgIpc) is 3.36. The number of aromatic amines is 1. The Kier molecular flexibility index (Phi) is 9.05. The highest BCUT2D eigenvalue weighted by Gasteiger charge is 2.34. The van der Waals surface area contributed by atoms with Gasteiger partial charge in [-0.05, 0) is 42.2 Å². The third kappa shape index (κ3) is 6.32. The molecule has 0 amide bonds. The first-order chi connectivity index (χ1) is 20.7. The van der Waals surface area contributed by atoms with Crippen molar-refractivity contribution in [3.63, 3.8) is 0 Å². The molecule has 0 saturated carbocycles. The molecule has 3 aliphatic carbocycles. The van der Waals surface area contributed by atoms with E-state index in [0.29, 0.717) is 75.4 Å². The van der Waals surface area contributed by atoms with E-state index in [1.54, 1.807) is 12.3 Å². The molecule has 10 heteroatoms. The molecule has 42 heavy (non-hydrogen) atoms. The molecule has 5 aliphatic rings. The van der Waals surface area contributed by atoms with Gasteiger partial charge >= 0.3 is 0 Å².